The van der Waals surface area contributed by atoms with Crippen molar-refractivity contribution in [3.63, 3.8) is 0 Å². The van der Waals surface area contributed by atoms with Crippen LogP contribution in [0.2, 0.25) is 0 Å². The van der Waals surface area contributed by atoms with Crippen molar-refractivity contribution in [3.05, 3.63) is 24.5 Å². The molecule has 0 spiro atoms. The summed E-state index contributed by atoms with van der Waals surface area (Å²) in [5.74, 6) is 1.41. The van der Waals surface area contributed by atoms with Crippen molar-refractivity contribution in [2.75, 3.05) is 12.3 Å². The summed E-state index contributed by atoms with van der Waals surface area (Å²) in [7, 11) is 0. The van der Waals surface area contributed by atoms with Crippen LogP contribution < -0.4 is 10.5 Å². The van der Waals surface area contributed by atoms with Gasteiger partial charge in [-0.3, -0.25) is 0 Å². The lowest BCUT2D eigenvalue weighted by Gasteiger charge is -1.99. The number of hydrogen-bond acceptors (Lipinski definition) is 6. The first-order chi connectivity index (χ1) is 9.28. The minimum Gasteiger partial charge on any atom is -0.478 e. The molecule has 0 amide bonds. The second-order valence-corrected chi connectivity index (χ2v) is 3.83. The van der Waals surface area contributed by atoms with Crippen LogP contribution in [0.15, 0.2) is 24.5 Å². The van der Waals surface area contributed by atoms with Gasteiger partial charge in [-0.15, -0.1) is 0 Å². The third-order valence-electron chi connectivity index (χ3n) is 2.56. The number of anilines is 1. The predicted octanol–water partition coefficient (Wildman–Crippen LogP) is 1.40. The molecule has 0 radical (unpaired) electrons. The van der Waals surface area contributed by atoms with E-state index >= 15 is 0 Å². The Balaban J connectivity index is 2.09. The molecule has 0 saturated heterocycles. The molecule has 0 aliphatic rings. The van der Waals surface area contributed by atoms with Crippen molar-refractivity contribution in [1.29, 1.82) is 0 Å². The highest BCUT2D eigenvalue weighted by Gasteiger charge is 2.11. The number of aromatic amines is 1. The lowest BCUT2D eigenvalue weighted by Crippen LogP contribution is -1.96. The van der Waals surface area contributed by atoms with E-state index in [1.165, 1.54) is 6.20 Å². The van der Waals surface area contributed by atoms with E-state index in [0.717, 1.165) is 5.52 Å². The fourth-order valence-electron chi connectivity index (χ4n) is 1.75. The molecule has 0 aliphatic carbocycles. The summed E-state index contributed by atoms with van der Waals surface area (Å²) in [6.45, 7) is 2.47. The number of fused-ring (bicyclic) bond motifs is 1. The summed E-state index contributed by atoms with van der Waals surface area (Å²) < 4.78 is 5.33. The number of nitrogens with one attached hydrogen (secondary N) is 1. The molecule has 19 heavy (non-hydrogen) atoms. The zero-order valence-electron chi connectivity index (χ0n) is 10.3. The molecule has 7 nitrogen and oxygen atoms in total. The number of ether oxygens (including phenoxy) is 1. The van der Waals surface area contributed by atoms with Crippen LogP contribution >= 0.6 is 0 Å². The maximum Gasteiger partial charge on any atom is 0.215 e. The fourth-order valence-corrected chi connectivity index (χ4v) is 1.75. The topological polar surface area (TPSA) is 103 Å². The first-order valence-electron chi connectivity index (χ1n) is 5.84. The van der Waals surface area contributed by atoms with Crippen molar-refractivity contribution in [2.24, 2.45) is 0 Å². The van der Waals surface area contributed by atoms with Crippen molar-refractivity contribution in [3.8, 4) is 17.4 Å². The fraction of sp³-hybridized carbons (Fsp3) is 0.167. The monoisotopic (exact) mass is 256 g/mol. The number of H-pyrrole nitrogens is 1. The largest absolute Gasteiger partial charge is 0.478 e. The number of imidazole rings is 1. The normalized spacial score (nSPS) is 10.8. The van der Waals surface area contributed by atoms with Gasteiger partial charge in [0.15, 0.2) is 17.3 Å². The zero-order chi connectivity index (χ0) is 13.2. The summed E-state index contributed by atoms with van der Waals surface area (Å²) in [6.07, 6.45) is 3.10. The standard InChI is InChI=1S/C12H12N6O/c1-2-19-8-4-3-7-11(17-8)18-12(16-7)9-10(13)15-6-5-14-9/h3-6H,2H2,1H3,(H2,13,15)(H,16,17,18). The molecular formula is C12H12N6O. The minimum atomic E-state index is 0.326. The van der Waals surface area contributed by atoms with Gasteiger partial charge < -0.3 is 15.5 Å². The van der Waals surface area contributed by atoms with E-state index in [4.69, 9.17) is 10.5 Å². The molecule has 3 rings (SSSR count). The first-order valence-corrected chi connectivity index (χ1v) is 5.84. The maximum atomic E-state index is 5.77. The molecule has 0 fully saturated rings. The second-order valence-electron chi connectivity index (χ2n) is 3.83. The number of nitrogen functional groups attached to an aromatic ring is 1. The highest BCUT2D eigenvalue weighted by molar-refractivity contribution is 5.77. The van der Waals surface area contributed by atoms with E-state index < -0.39 is 0 Å². The quantitative estimate of drug-likeness (QED) is 0.734. The molecule has 3 aromatic rings. The van der Waals surface area contributed by atoms with Gasteiger partial charge >= 0.3 is 0 Å². The molecule has 0 saturated carbocycles. The lowest BCUT2D eigenvalue weighted by atomic mass is 10.4. The SMILES string of the molecule is CCOc1ccc2[nH]c(-c3nccnc3N)nc2n1. The Bertz CT molecular complexity index is 723. The van der Waals surface area contributed by atoms with Gasteiger partial charge in [-0.2, -0.15) is 4.98 Å². The van der Waals surface area contributed by atoms with Crippen LogP contribution in [0.5, 0.6) is 5.88 Å². The van der Waals surface area contributed by atoms with Crippen LogP contribution in [-0.4, -0.2) is 31.5 Å². The van der Waals surface area contributed by atoms with Crippen LogP contribution in [0.3, 0.4) is 0 Å². The summed E-state index contributed by atoms with van der Waals surface area (Å²) in [4.78, 5) is 19.9. The highest BCUT2D eigenvalue weighted by atomic mass is 16.5. The molecule has 0 bridgehead atoms. The van der Waals surface area contributed by atoms with E-state index in [9.17, 15) is 0 Å². The van der Waals surface area contributed by atoms with E-state index in [2.05, 4.69) is 24.9 Å². The van der Waals surface area contributed by atoms with Gasteiger partial charge in [-0.25, -0.2) is 15.0 Å². The highest BCUT2D eigenvalue weighted by Crippen LogP contribution is 2.22. The average molecular weight is 256 g/mol. The number of hydrogen-bond donors (Lipinski definition) is 2. The Morgan fingerprint density at radius 3 is 2.84 bits per heavy atom. The molecule has 0 aliphatic heterocycles. The number of pyridine rings is 1. The molecule has 7 heteroatoms. The van der Waals surface area contributed by atoms with Gasteiger partial charge in [0.05, 0.1) is 12.1 Å². The smallest absolute Gasteiger partial charge is 0.215 e. The number of nitrogens with two attached hydrogens (primary N) is 1. The second kappa shape index (κ2) is 4.52. The third-order valence-corrected chi connectivity index (χ3v) is 2.56. The molecule has 3 heterocycles. The van der Waals surface area contributed by atoms with E-state index in [0.29, 0.717) is 35.5 Å². The Kier molecular flexibility index (Phi) is 2.71. The Morgan fingerprint density at radius 1 is 1.21 bits per heavy atom. The first kappa shape index (κ1) is 11.4. The molecule has 0 atom stereocenters. The Labute approximate surface area is 108 Å². The number of rotatable bonds is 3. The average Bonchev–Trinajstić information content (AvgIpc) is 2.82. The summed E-state index contributed by atoms with van der Waals surface area (Å²) in [5, 5.41) is 0. The molecule has 96 valence electrons. The van der Waals surface area contributed by atoms with Gasteiger partial charge in [0.1, 0.15) is 5.69 Å². The molecule has 3 aromatic heterocycles. The van der Waals surface area contributed by atoms with Crippen molar-refractivity contribution < 1.29 is 4.74 Å². The van der Waals surface area contributed by atoms with Gasteiger partial charge in [0.25, 0.3) is 0 Å². The van der Waals surface area contributed by atoms with Crippen LogP contribution in [0.25, 0.3) is 22.7 Å². The molecule has 3 N–H and O–H groups in total. The minimum absolute atomic E-state index is 0.326. The van der Waals surface area contributed by atoms with Crippen LogP contribution in [-0.2, 0) is 0 Å². The Morgan fingerprint density at radius 2 is 2.05 bits per heavy atom. The number of aromatic nitrogens is 5. The lowest BCUT2D eigenvalue weighted by molar-refractivity contribution is 0.328. The molecular weight excluding hydrogens is 244 g/mol. The molecule has 0 aromatic carbocycles. The van der Waals surface area contributed by atoms with Crippen molar-refractivity contribution in [1.82, 2.24) is 24.9 Å². The zero-order valence-corrected chi connectivity index (χ0v) is 10.3. The maximum absolute atomic E-state index is 5.77. The number of nitrogens with zero attached hydrogens (tertiary/aromatic N) is 4. The Hall–Kier alpha value is -2.70. The summed E-state index contributed by atoms with van der Waals surface area (Å²) >= 11 is 0. The van der Waals surface area contributed by atoms with Gasteiger partial charge in [0.2, 0.25) is 5.88 Å². The van der Waals surface area contributed by atoms with Gasteiger partial charge in [0, 0.05) is 18.5 Å². The van der Waals surface area contributed by atoms with E-state index in [1.807, 2.05) is 13.0 Å². The van der Waals surface area contributed by atoms with Crippen LogP contribution in [0.1, 0.15) is 6.92 Å². The predicted molar refractivity (Wildman–Crippen MR) is 70.5 cm³/mol. The van der Waals surface area contributed by atoms with Crippen LogP contribution in [0, 0.1) is 0 Å². The van der Waals surface area contributed by atoms with Gasteiger partial charge in [-0.05, 0) is 13.0 Å². The van der Waals surface area contributed by atoms with E-state index in [1.54, 1.807) is 12.3 Å². The summed E-state index contributed by atoms with van der Waals surface area (Å²) in [5.41, 5.74) is 7.64. The van der Waals surface area contributed by atoms with Gasteiger partial charge in [-0.1, -0.05) is 0 Å². The van der Waals surface area contributed by atoms with Crippen molar-refractivity contribution in [2.45, 2.75) is 6.92 Å². The van der Waals surface area contributed by atoms with Crippen molar-refractivity contribution >= 4 is 17.0 Å². The third kappa shape index (κ3) is 2.05. The van der Waals surface area contributed by atoms with Crippen LogP contribution in [0.4, 0.5) is 5.82 Å². The van der Waals surface area contributed by atoms with E-state index in [-0.39, 0.29) is 0 Å². The summed E-state index contributed by atoms with van der Waals surface area (Å²) in [6, 6.07) is 3.64. The molecule has 0 unspecified atom stereocenters.